The SMILES string of the molecule is CCCN1C(=O)[C@@H]2[C@@H](CC(C)=C3[C@@H](CC/C(=C/c4cc(Br)ccc4O)CC)OC[C@@H]32)C1=O. The number of hydrogen-bond acceptors (Lipinski definition) is 4. The molecular weight excluding hydrogens is 470 g/mol. The molecule has 0 radical (unpaired) electrons. The van der Waals surface area contributed by atoms with E-state index in [1.807, 2.05) is 19.1 Å². The molecule has 1 N–H and O–H groups in total. The van der Waals surface area contributed by atoms with Crippen LogP contribution in [-0.4, -0.2) is 41.1 Å². The number of carbonyl (C=O) groups is 2. The Morgan fingerprint density at radius 1 is 1.25 bits per heavy atom. The number of allylic oxidation sites excluding steroid dienone is 2. The Bertz CT molecular complexity index is 982. The second kappa shape index (κ2) is 9.52. The highest BCUT2D eigenvalue weighted by Crippen LogP contribution is 2.49. The van der Waals surface area contributed by atoms with Crippen molar-refractivity contribution in [1.82, 2.24) is 4.90 Å². The summed E-state index contributed by atoms with van der Waals surface area (Å²) in [6.45, 7) is 7.27. The van der Waals surface area contributed by atoms with E-state index in [0.29, 0.717) is 19.6 Å². The van der Waals surface area contributed by atoms with Crippen molar-refractivity contribution in [3.8, 4) is 5.75 Å². The van der Waals surface area contributed by atoms with Gasteiger partial charge in [-0.15, -0.1) is 0 Å². The number of rotatable bonds is 7. The summed E-state index contributed by atoms with van der Waals surface area (Å²) in [6, 6.07) is 5.45. The number of benzene rings is 1. The van der Waals surface area contributed by atoms with Crippen LogP contribution in [-0.2, 0) is 14.3 Å². The van der Waals surface area contributed by atoms with E-state index >= 15 is 0 Å². The molecule has 1 aromatic rings. The summed E-state index contributed by atoms with van der Waals surface area (Å²) in [5.74, 6) is -0.156. The highest BCUT2D eigenvalue weighted by Gasteiger charge is 2.56. The van der Waals surface area contributed by atoms with Gasteiger partial charge in [-0.05, 0) is 62.8 Å². The van der Waals surface area contributed by atoms with Gasteiger partial charge in [0, 0.05) is 22.5 Å². The van der Waals surface area contributed by atoms with Gasteiger partial charge in [-0.3, -0.25) is 14.5 Å². The summed E-state index contributed by atoms with van der Waals surface area (Å²) in [6.07, 6.45) is 6.12. The van der Waals surface area contributed by atoms with Crippen LogP contribution >= 0.6 is 15.9 Å². The molecule has 32 heavy (non-hydrogen) atoms. The van der Waals surface area contributed by atoms with Crippen LogP contribution in [0.25, 0.3) is 6.08 Å². The van der Waals surface area contributed by atoms with Gasteiger partial charge in [-0.2, -0.15) is 0 Å². The molecule has 2 saturated heterocycles. The maximum atomic E-state index is 13.1. The number of nitrogens with zero attached hydrogens (tertiary/aromatic N) is 1. The van der Waals surface area contributed by atoms with Crippen LogP contribution < -0.4 is 0 Å². The van der Waals surface area contributed by atoms with Gasteiger partial charge in [0.1, 0.15) is 5.75 Å². The number of ether oxygens (including phenoxy) is 1. The molecule has 2 fully saturated rings. The number of amides is 2. The molecule has 0 spiro atoms. The Balaban J connectivity index is 1.50. The van der Waals surface area contributed by atoms with Crippen molar-refractivity contribution in [3.05, 3.63) is 45.0 Å². The molecule has 0 saturated carbocycles. The van der Waals surface area contributed by atoms with Crippen LogP contribution in [0.15, 0.2) is 39.4 Å². The predicted octanol–water partition coefficient (Wildman–Crippen LogP) is 5.47. The van der Waals surface area contributed by atoms with Crippen LogP contribution in [0.2, 0.25) is 0 Å². The highest BCUT2D eigenvalue weighted by molar-refractivity contribution is 9.10. The molecule has 3 aliphatic rings. The second-order valence-electron chi connectivity index (χ2n) is 9.23. The van der Waals surface area contributed by atoms with E-state index in [-0.39, 0.29) is 41.4 Å². The number of phenolic OH excluding ortho intramolecular Hbond substituents is 1. The van der Waals surface area contributed by atoms with Crippen molar-refractivity contribution < 1.29 is 19.4 Å². The minimum absolute atomic E-state index is 0.000345. The quantitative estimate of drug-likeness (QED) is 0.397. The Morgan fingerprint density at radius 2 is 2.03 bits per heavy atom. The number of likely N-dealkylation sites (tertiary alicyclic amines) is 1. The van der Waals surface area contributed by atoms with E-state index in [0.717, 1.165) is 35.7 Å². The largest absolute Gasteiger partial charge is 0.507 e. The molecular formula is C26H32BrNO4. The maximum absolute atomic E-state index is 13.1. The van der Waals surface area contributed by atoms with Crippen molar-refractivity contribution in [2.75, 3.05) is 13.2 Å². The molecule has 172 valence electrons. The summed E-state index contributed by atoms with van der Waals surface area (Å²) in [4.78, 5) is 27.4. The average Bonchev–Trinajstić information content (AvgIpc) is 3.29. The molecule has 0 aromatic heterocycles. The van der Waals surface area contributed by atoms with Gasteiger partial charge in [0.25, 0.3) is 0 Å². The third-order valence-electron chi connectivity index (χ3n) is 7.22. The summed E-state index contributed by atoms with van der Waals surface area (Å²) < 4.78 is 7.16. The minimum atomic E-state index is -0.252. The molecule has 1 aromatic carbocycles. The summed E-state index contributed by atoms with van der Waals surface area (Å²) in [5.41, 5.74) is 4.54. The van der Waals surface area contributed by atoms with Gasteiger partial charge >= 0.3 is 0 Å². The van der Waals surface area contributed by atoms with Gasteiger partial charge in [0.2, 0.25) is 11.8 Å². The molecule has 6 heteroatoms. The molecule has 2 amide bonds. The fourth-order valence-electron chi connectivity index (χ4n) is 5.67. The summed E-state index contributed by atoms with van der Waals surface area (Å²) >= 11 is 3.47. The molecule has 4 rings (SSSR count). The first-order valence-corrected chi connectivity index (χ1v) is 12.5. The summed E-state index contributed by atoms with van der Waals surface area (Å²) in [7, 11) is 0. The molecule has 2 aliphatic heterocycles. The van der Waals surface area contributed by atoms with Crippen LogP contribution in [0.4, 0.5) is 0 Å². The topological polar surface area (TPSA) is 66.8 Å². The monoisotopic (exact) mass is 501 g/mol. The first kappa shape index (κ1) is 23.2. The average molecular weight is 502 g/mol. The lowest BCUT2D eigenvalue weighted by Gasteiger charge is -2.30. The first-order valence-electron chi connectivity index (χ1n) is 11.7. The lowest BCUT2D eigenvalue weighted by atomic mass is 9.70. The molecule has 0 bridgehead atoms. The highest BCUT2D eigenvalue weighted by atomic mass is 79.9. The Hall–Kier alpha value is -1.92. The third-order valence-corrected chi connectivity index (χ3v) is 7.72. The van der Waals surface area contributed by atoms with E-state index in [1.165, 1.54) is 21.6 Å². The van der Waals surface area contributed by atoms with Crippen molar-refractivity contribution in [1.29, 1.82) is 0 Å². The molecule has 2 heterocycles. The number of aromatic hydroxyl groups is 1. The van der Waals surface area contributed by atoms with E-state index in [1.54, 1.807) is 6.07 Å². The zero-order chi connectivity index (χ0) is 23.0. The lowest BCUT2D eigenvalue weighted by Crippen LogP contribution is -2.34. The number of imide groups is 1. The molecule has 0 unspecified atom stereocenters. The Labute approximate surface area is 198 Å². The van der Waals surface area contributed by atoms with Crippen molar-refractivity contribution >= 4 is 33.8 Å². The predicted molar refractivity (Wildman–Crippen MR) is 128 cm³/mol. The van der Waals surface area contributed by atoms with Crippen LogP contribution in [0, 0.1) is 17.8 Å². The number of carbonyl (C=O) groups excluding carboxylic acids is 2. The maximum Gasteiger partial charge on any atom is 0.233 e. The third kappa shape index (κ3) is 4.19. The van der Waals surface area contributed by atoms with E-state index in [9.17, 15) is 14.7 Å². The minimum Gasteiger partial charge on any atom is -0.507 e. The number of hydrogen-bond donors (Lipinski definition) is 1. The van der Waals surface area contributed by atoms with Crippen LogP contribution in [0.5, 0.6) is 5.75 Å². The molecule has 4 atom stereocenters. The summed E-state index contributed by atoms with van der Waals surface area (Å²) in [5, 5.41) is 10.2. The standard InChI is InChI=1S/C26H32BrNO4/c1-4-10-28-25(30)19-11-15(3)23-20(24(19)26(28)31)14-32-22(23)9-6-16(5-2)12-17-13-18(27)7-8-21(17)29/h7-8,12-13,19-20,22,24,29H,4-6,9-11,14H2,1-3H3/b16-12+/t19-,20+,22-,24-/m1/s1. The van der Waals surface area contributed by atoms with Gasteiger partial charge in [0.15, 0.2) is 0 Å². The van der Waals surface area contributed by atoms with Crippen LogP contribution in [0.1, 0.15) is 58.4 Å². The van der Waals surface area contributed by atoms with Crippen LogP contribution in [0.3, 0.4) is 0 Å². The van der Waals surface area contributed by atoms with Crippen molar-refractivity contribution in [3.63, 3.8) is 0 Å². The van der Waals surface area contributed by atoms with E-state index in [4.69, 9.17) is 4.74 Å². The van der Waals surface area contributed by atoms with Gasteiger partial charge in [-0.1, -0.05) is 47.0 Å². The number of halogens is 1. The van der Waals surface area contributed by atoms with E-state index < -0.39 is 0 Å². The van der Waals surface area contributed by atoms with Gasteiger partial charge in [0.05, 0.1) is 24.5 Å². The van der Waals surface area contributed by atoms with Gasteiger partial charge in [-0.25, -0.2) is 0 Å². The smallest absolute Gasteiger partial charge is 0.233 e. The van der Waals surface area contributed by atoms with E-state index in [2.05, 4.69) is 35.9 Å². The normalized spacial score (nSPS) is 27.9. The number of phenols is 1. The van der Waals surface area contributed by atoms with Gasteiger partial charge < -0.3 is 9.84 Å². The lowest BCUT2D eigenvalue weighted by molar-refractivity contribution is -0.140. The first-order chi connectivity index (χ1) is 15.3. The van der Waals surface area contributed by atoms with Crippen molar-refractivity contribution in [2.24, 2.45) is 17.8 Å². The Kier molecular flexibility index (Phi) is 6.91. The Morgan fingerprint density at radius 3 is 2.75 bits per heavy atom. The molecule has 1 aliphatic carbocycles. The zero-order valence-electron chi connectivity index (χ0n) is 19.1. The second-order valence-corrected chi connectivity index (χ2v) is 10.1. The molecule has 5 nitrogen and oxygen atoms in total. The number of fused-ring (bicyclic) bond motifs is 3. The zero-order valence-corrected chi connectivity index (χ0v) is 20.7. The fourth-order valence-corrected chi connectivity index (χ4v) is 6.05. The van der Waals surface area contributed by atoms with Crippen molar-refractivity contribution in [2.45, 2.75) is 59.0 Å². The fraction of sp³-hybridized carbons (Fsp3) is 0.538.